The van der Waals surface area contributed by atoms with Gasteiger partial charge in [0, 0.05) is 17.6 Å². The van der Waals surface area contributed by atoms with Crippen LogP contribution >= 0.6 is 11.5 Å². The minimum absolute atomic E-state index is 0.175. The van der Waals surface area contributed by atoms with E-state index in [9.17, 15) is 14.4 Å². The number of carbonyl (C=O) groups is 1. The van der Waals surface area contributed by atoms with Gasteiger partial charge in [-0.15, -0.1) is 0 Å². The lowest BCUT2D eigenvalue weighted by molar-refractivity contribution is -0.116. The molecule has 1 amide bonds. The molecule has 3 aromatic rings. The summed E-state index contributed by atoms with van der Waals surface area (Å²) >= 11 is 1.09. The zero-order valence-electron chi connectivity index (χ0n) is 14.0. The Balaban J connectivity index is 1.98. The Labute approximate surface area is 147 Å². The van der Waals surface area contributed by atoms with Crippen molar-refractivity contribution in [3.8, 4) is 0 Å². The third-order valence-corrected chi connectivity index (χ3v) is 4.66. The number of hydrogen-bond acceptors (Lipinski definition) is 5. The molecule has 8 heteroatoms. The maximum atomic E-state index is 12.6. The van der Waals surface area contributed by atoms with Crippen LogP contribution in [-0.2, 0) is 24.3 Å². The molecule has 7 nitrogen and oxygen atoms in total. The van der Waals surface area contributed by atoms with Gasteiger partial charge in [0.15, 0.2) is 5.52 Å². The number of aromatic nitrogens is 3. The third kappa shape index (κ3) is 3.12. The van der Waals surface area contributed by atoms with Crippen LogP contribution in [0.3, 0.4) is 0 Å². The average molecular weight is 358 g/mol. The van der Waals surface area contributed by atoms with E-state index in [1.807, 2.05) is 31.2 Å². The van der Waals surface area contributed by atoms with Crippen molar-refractivity contribution >= 4 is 34.2 Å². The van der Waals surface area contributed by atoms with Gasteiger partial charge in [-0.25, -0.2) is 4.79 Å². The second-order valence-electron chi connectivity index (χ2n) is 5.53. The van der Waals surface area contributed by atoms with Crippen LogP contribution in [-0.4, -0.2) is 19.4 Å². The number of nitrogens with one attached hydrogen (secondary N) is 1. The van der Waals surface area contributed by atoms with Crippen molar-refractivity contribution in [3.05, 3.63) is 56.0 Å². The Morgan fingerprint density at radius 2 is 1.96 bits per heavy atom. The Bertz CT molecular complexity index is 1050. The summed E-state index contributed by atoms with van der Waals surface area (Å²) in [6, 6.07) is 7.53. The van der Waals surface area contributed by atoms with E-state index < -0.39 is 11.2 Å². The van der Waals surface area contributed by atoms with Crippen molar-refractivity contribution < 1.29 is 4.79 Å². The van der Waals surface area contributed by atoms with Crippen LogP contribution in [0, 0.1) is 0 Å². The summed E-state index contributed by atoms with van der Waals surface area (Å²) < 4.78 is 6.46. The molecule has 0 fully saturated rings. The lowest BCUT2D eigenvalue weighted by Gasteiger charge is -2.12. The van der Waals surface area contributed by atoms with E-state index in [1.165, 1.54) is 4.57 Å². The van der Waals surface area contributed by atoms with Crippen LogP contribution in [0.5, 0.6) is 0 Å². The normalized spacial score (nSPS) is 11.0. The van der Waals surface area contributed by atoms with E-state index >= 15 is 0 Å². The largest absolute Gasteiger partial charge is 0.332 e. The number of fused-ring (bicyclic) bond motifs is 1. The Kier molecular flexibility index (Phi) is 4.80. The zero-order valence-corrected chi connectivity index (χ0v) is 14.8. The fourth-order valence-corrected chi connectivity index (χ4v) is 3.42. The van der Waals surface area contributed by atoms with Crippen molar-refractivity contribution in [2.45, 2.75) is 33.4 Å². The van der Waals surface area contributed by atoms with Crippen LogP contribution in [0.25, 0.3) is 11.0 Å². The van der Waals surface area contributed by atoms with Crippen molar-refractivity contribution in [2.75, 3.05) is 5.32 Å². The van der Waals surface area contributed by atoms with Gasteiger partial charge >= 0.3 is 5.69 Å². The van der Waals surface area contributed by atoms with Crippen LogP contribution in [0.2, 0.25) is 0 Å². The number of benzene rings is 1. The van der Waals surface area contributed by atoms with Gasteiger partial charge in [-0.3, -0.25) is 18.7 Å². The third-order valence-electron chi connectivity index (χ3n) is 4.04. The minimum Gasteiger partial charge on any atom is -0.324 e. The maximum Gasteiger partial charge on any atom is 0.332 e. The Hall–Kier alpha value is -2.74. The summed E-state index contributed by atoms with van der Waals surface area (Å²) in [6.07, 6.45) is 0.788. The Morgan fingerprint density at radius 3 is 2.68 bits per heavy atom. The minimum atomic E-state index is -0.501. The van der Waals surface area contributed by atoms with Gasteiger partial charge in [-0.1, -0.05) is 25.1 Å². The second kappa shape index (κ2) is 7.02. The lowest BCUT2D eigenvalue weighted by Crippen LogP contribution is -2.41. The van der Waals surface area contributed by atoms with Gasteiger partial charge in [0.1, 0.15) is 6.54 Å². The van der Waals surface area contributed by atoms with Gasteiger partial charge < -0.3 is 5.32 Å². The van der Waals surface area contributed by atoms with Crippen LogP contribution in [0.15, 0.2) is 39.2 Å². The molecule has 25 heavy (non-hydrogen) atoms. The van der Waals surface area contributed by atoms with Gasteiger partial charge in [0.2, 0.25) is 5.91 Å². The first kappa shape index (κ1) is 17.1. The number of aryl methyl sites for hydroxylation is 1. The highest BCUT2D eigenvalue weighted by atomic mass is 32.1. The highest BCUT2D eigenvalue weighted by molar-refractivity contribution is 7.04. The predicted molar refractivity (Wildman–Crippen MR) is 98.3 cm³/mol. The molecule has 0 aliphatic carbocycles. The molecule has 0 radical (unpaired) electrons. The first-order valence-corrected chi connectivity index (χ1v) is 8.86. The zero-order chi connectivity index (χ0) is 18.0. The monoisotopic (exact) mass is 358 g/mol. The summed E-state index contributed by atoms with van der Waals surface area (Å²) in [5.74, 6) is -0.322. The van der Waals surface area contributed by atoms with Crippen LogP contribution < -0.4 is 16.6 Å². The molecule has 0 atom stereocenters. The van der Waals surface area contributed by atoms with Crippen LogP contribution in [0.4, 0.5) is 5.69 Å². The maximum absolute atomic E-state index is 12.6. The topological polar surface area (TPSA) is 86.0 Å². The van der Waals surface area contributed by atoms with Crippen molar-refractivity contribution in [2.24, 2.45) is 0 Å². The van der Waals surface area contributed by atoms with E-state index in [0.717, 1.165) is 33.8 Å². The molecule has 1 N–H and O–H groups in total. The highest BCUT2D eigenvalue weighted by Crippen LogP contribution is 2.16. The van der Waals surface area contributed by atoms with Gasteiger partial charge in [-0.2, -0.15) is 4.37 Å². The number of amides is 1. The SMILES string of the molecule is CCc1ccccc1NC(=O)Cn1c(=O)n(CC)c(=O)c2nscc21. The molecular weight excluding hydrogens is 340 g/mol. The summed E-state index contributed by atoms with van der Waals surface area (Å²) in [4.78, 5) is 37.3. The van der Waals surface area contributed by atoms with Crippen molar-refractivity contribution in [3.63, 3.8) is 0 Å². The van der Waals surface area contributed by atoms with E-state index in [1.54, 1.807) is 12.3 Å². The van der Waals surface area contributed by atoms with Crippen molar-refractivity contribution in [1.29, 1.82) is 0 Å². The summed E-state index contributed by atoms with van der Waals surface area (Å²) in [6.45, 7) is 3.77. The van der Waals surface area contributed by atoms with E-state index in [0.29, 0.717) is 5.52 Å². The average Bonchev–Trinajstić information content (AvgIpc) is 3.09. The van der Waals surface area contributed by atoms with Crippen LogP contribution in [0.1, 0.15) is 19.4 Å². The summed E-state index contributed by atoms with van der Waals surface area (Å²) in [5, 5.41) is 4.46. The second-order valence-corrected chi connectivity index (χ2v) is 6.15. The number of para-hydroxylation sites is 1. The first-order chi connectivity index (χ1) is 12.1. The molecule has 2 heterocycles. The fourth-order valence-electron chi connectivity index (χ4n) is 2.75. The molecule has 0 bridgehead atoms. The van der Waals surface area contributed by atoms with E-state index in [4.69, 9.17) is 0 Å². The fraction of sp³-hybridized carbons (Fsp3) is 0.294. The molecular formula is C17H18N4O3S. The molecule has 130 valence electrons. The molecule has 1 aromatic carbocycles. The first-order valence-electron chi connectivity index (χ1n) is 8.02. The standard InChI is InChI=1S/C17H18N4O3S/c1-3-11-7-5-6-8-12(11)18-14(22)9-21-13-10-25-19-15(13)16(23)20(4-2)17(21)24/h5-8,10H,3-4,9H2,1-2H3,(H,18,22). The van der Waals surface area contributed by atoms with E-state index in [-0.39, 0.29) is 24.5 Å². The number of anilines is 1. The smallest absolute Gasteiger partial charge is 0.324 e. The van der Waals surface area contributed by atoms with E-state index in [2.05, 4.69) is 9.69 Å². The molecule has 3 rings (SSSR count). The Morgan fingerprint density at radius 1 is 1.20 bits per heavy atom. The molecule has 0 saturated heterocycles. The molecule has 0 unspecified atom stereocenters. The lowest BCUT2D eigenvalue weighted by atomic mass is 10.1. The van der Waals surface area contributed by atoms with Gasteiger partial charge in [-0.05, 0) is 36.5 Å². The number of nitrogens with zero attached hydrogens (tertiary/aromatic N) is 3. The molecule has 2 aromatic heterocycles. The quantitative estimate of drug-likeness (QED) is 0.754. The van der Waals surface area contributed by atoms with Gasteiger partial charge in [0.25, 0.3) is 5.56 Å². The number of hydrogen-bond donors (Lipinski definition) is 1. The number of carbonyl (C=O) groups excluding carboxylic acids is 1. The highest BCUT2D eigenvalue weighted by Gasteiger charge is 2.16. The molecule has 0 aliphatic rings. The van der Waals surface area contributed by atoms with Crippen molar-refractivity contribution in [1.82, 2.24) is 13.5 Å². The number of rotatable bonds is 5. The summed E-state index contributed by atoms with van der Waals surface area (Å²) in [5.41, 5.74) is 1.43. The van der Waals surface area contributed by atoms with Gasteiger partial charge in [0.05, 0.1) is 5.52 Å². The molecule has 0 aliphatic heterocycles. The molecule has 0 saturated carbocycles. The predicted octanol–water partition coefficient (Wildman–Crippen LogP) is 1.84. The molecule has 0 spiro atoms. The summed E-state index contributed by atoms with van der Waals surface area (Å²) in [7, 11) is 0.